The number of hydrogen-bond donors (Lipinski definition) is 3. The summed E-state index contributed by atoms with van der Waals surface area (Å²) >= 11 is 0. The van der Waals surface area contributed by atoms with Crippen LogP contribution in [0.2, 0.25) is 0 Å². The Hall–Kier alpha value is -0.950. The van der Waals surface area contributed by atoms with Gasteiger partial charge in [-0.15, -0.1) is 5.53 Å². The van der Waals surface area contributed by atoms with E-state index in [1.807, 2.05) is 0 Å². The molecule has 1 aliphatic rings. The van der Waals surface area contributed by atoms with Crippen LogP contribution in [0.25, 0.3) is 0 Å². The highest BCUT2D eigenvalue weighted by atomic mass is 16.6. The van der Waals surface area contributed by atoms with Crippen LogP contribution in [-0.4, -0.2) is 17.7 Å². The molecular weight excluding hydrogens is 160 g/mol. The molecule has 1 rings (SSSR count). The summed E-state index contributed by atoms with van der Waals surface area (Å²) in [5, 5.41) is 11.3. The smallest absolute Gasteiger partial charge is 0.242 e. The van der Waals surface area contributed by atoms with Crippen LogP contribution in [0.5, 0.6) is 0 Å². The van der Waals surface area contributed by atoms with Gasteiger partial charge in [0.25, 0.3) is 0 Å². The van der Waals surface area contributed by atoms with Crippen LogP contribution in [0, 0.1) is 11.1 Å². The first-order valence-electron chi connectivity index (χ1n) is 3.60. The quantitative estimate of drug-likeness (QED) is 0.328. The van der Waals surface area contributed by atoms with Gasteiger partial charge in [0.15, 0.2) is 0 Å². The number of amides is 1. The molecule has 0 saturated heterocycles. The minimum atomic E-state index is -0.773. The highest BCUT2D eigenvalue weighted by Gasteiger charge is 2.15. The van der Waals surface area contributed by atoms with E-state index in [1.165, 1.54) is 13.2 Å². The first kappa shape index (κ1) is 9.14. The summed E-state index contributed by atoms with van der Waals surface area (Å²) in [5.41, 5.74) is 6.96. The van der Waals surface area contributed by atoms with Crippen LogP contribution >= 0.6 is 0 Å². The third kappa shape index (κ3) is 2.28. The molecule has 0 aromatic rings. The summed E-state index contributed by atoms with van der Waals surface area (Å²) in [6, 6.07) is 0. The summed E-state index contributed by atoms with van der Waals surface area (Å²) in [5.74, 6) is -0.482. The Labute approximate surface area is 70.3 Å². The molecule has 0 radical (unpaired) electrons. The number of carbonyl (C=O) groups excluding carboxylic acids is 1. The van der Waals surface area contributed by atoms with Crippen LogP contribution in [0.1, 0.15) is 6.92 Å². The second-order valence-electron chi connectivity index (χ2n) is 2.85. The van der Waals surface area contributed by atoms with E-state index in [1.54, 1.807) is 13.0 Å². The molecular formula is C6H12N4O2. The molecule has 0 fully saturated rings. The number of carbonyl (C=O) groups is 1. The monoisotopic (exact) mass is 172 g/mol. The highest BCUT2D eigenvalue weighted by molar-refractivity contribution is 5.79. The Morgan fingerprint density at radius 2 is 2.33 bits per heavy atom. The molecule has 68 valence electrons. The van der Waals surface area contributed by atoms with E-state index in [4.69, 9.17) is 0 Å². The van der Waals surface area contributed by atoms with E-state index >= 15 is 0 Å². The molecule has 1 amide bonds. The minimum absolute atomic E-state index is 0.182. The minimum Gasteiger partial charge on any atom is -0.606 e. The summed E-state index contributed by atoms with van der Waals surface area (Å²) < 4.78 is -0.773. The van der Waals surface area contributed by atoms with Gasteiger partial charge in [0.2, 0.25) is 5.91 Å². The second-order valence-corrected chi connectivity index (χ2v) is 2.85. The maximum Gasteiger partial charge on any atom is 0.242 e. The van der Waals surface area contributed by atoms with Crippen LogP contribution in [0.3, 0.4) is 0 Å². The summed E-state index contributed by atoms with van der Waals surface area (Å²) in [4.78, 5) is 11.0. The molecule has 12 heavy (non-hydrogen) atoms. The largest absolute Gasteiger partial charge is 0.606 e. The van der Waals surface area contributed by atoms with Gasteiger partial charge in [0, 0.05) is 0 Å². The number of hydrogen-bond acceptors (Lipinski definition) is 4. The predicted octanol–water partition coefficient (Wildman–Crippen LogP) is -0.865. The fourth-order valence-electron chi connectivity index (χ4n) is 0.732. The summed E-state index contributed by atoms with van der Waals surface area (Å²) in [7, 11) is 1.40. The number of nitrogens with zero attached hydrogens (tertiary/aromatic N) is 1. The molecule has 3 N–H and O–H groups in total. The average molecular weight is 172 g/mol. The molecule has 2 unspecified atom stereocenters. The van der Waals surface area contributed by atoms with Crippen molar-refractivity contribution >= 4 is 5.91 Å². The molecule has 0 aromatic heterocycles. The lowest BCUT2D eigenvalue weighted by Gasteiger charge is -2.34. The van der Waals surface area contributed by atoms with Gasteiger partial charge >= 0.3 is 0 Å². The SMILES string of the molecule is CC1C=C[N+](C)([O-])NNNC1=O. The van der Waals surface area contributed by atoms with Crippen molar-refractivity contribution in [1.82, 2.24) is 16.5 Å². The van der Waals surface area contributed by atoms with Gasteiger partial charge in [-0.1, -0.05) is 5.53 Å². The zero-order valence-electron chi connectivity index (χ0n) is 7.00. The molecule has 2 atom stereocenters. The lowest BCUT2D eigenvalue weighted by molar-refractivity contribution is -0.863. The fourth-order valence-corrected chi connectivity index (χ4v) is 0.732. The highest BCUT2D eigenvalue weighted by Crippen LogP contribution is 2.02. The van der Waals surface area contributed by atoms with Crippen LogP contribution in [0.15, 0.2) is 12.3 Å². The van der Waals surface area contributed by atoms with Crippen molar-refractivity contribution in [2.75, 3.05) is 7.05 Å². The van der Waals surface area contributed by atoms with E-state index in [0.717, 1.165) is 0 Å². The van der Waals surface area contributed by atoms with E-state index < -0.39 is 4.76 Å². The molecule has 0 aromatic carbocycles. The summed E-state index contributed by atoms with van der Waals surface area (Å²) in [6.45, 7) is 1.71. The van der Waals surface area contributed by atoms with E-state index in [0.29, 0.717) is 0 Å². The number of nitrogens with one attached hydrogen (secondary N) is 3. The van der Waals surface area contributed by atoms with Crippen molar-refractivity contribution in [1.29, 1.82) is 0 Å². The maximum absolute atomic E-state index is 11.3. The second kappa shape index (κ2) is 3.20. The Bertz CT molecular complexity index is 214. The van der Waals surface area contributed by atoms with Crippen molar-refractivity contribution < 1.29 is 9.55 Å². The molecule has 0 aliphatic carbocycles. The number of rotatable bonds is 0. The van der Waals surface area contributed by atoms with Gasteiger partial charge < -0.3 is 5.21 Å². The van der Waals surface area contributed by atoms with Crippen molar-refractivity contribution in [3.8, 4) is 0 Å². The standard InChI is InChI=1S/C6H12N4O2/c1-5-3-4-10(2,12)9-8-7-6(5)11/h3-5,8-9H,1-2H3,(H,7,11). The third-order valence-electron chi connectivity index (χ3n) is 1.54. The van der Waals surface area contributed by atoms with Crippen LogP contribution in [-0.2, 0) is 4.79 Å². The third-order valence-corrected chi connectivity index (χ3v) is 1.54. The molecule has 1 aliphatic heterocycles. The maximum atomic E-state index is 11.3. The van der Waals surface area contributed by atoms with E-state index in [-0.39, 0.29) is 11.8 Å². The van der Waals surface area contributed by atoms with E-state index in [9.17, 15) is 10.0 Å². The van der Waals surface area contributed by atoms with Crippen LogP contribution in [0.4, 0.5) is 0 Å². The zero-order chi connectivity index (χ0) is 9.19. The predicted molar refractivity (Wildman–Crippen MR) is 42.3 cm³/mol. The van der Waals surface area contributed by atoms with Gasteiger partial charge in [-0.2, -0.15) is 0 Å². The zero-order valence-corrected chi connectivity index (χ0v) is 7.00. The molecule has 1 heterocycles. The lowest BCUT2D eigenvalue weighted by atomic mass is 10.2. The van der Waals surface area contributed by atoms with Crippen molar-refractivity contribution in [2.24, 2.45) is 5.92 Å². The lowest BCUT2D eigenvalue weighted by Crippen LogP contribution is -2.60. The molecule has 0 spiro atoms. The summed E-state index contributed by atoms with van der Waals surface area (Å²) in [6.07, 6.45) is 2.91. The average Bonchev–Trinajstić information content (AvgIpc) is 1.98. The topological polar surface area (TPSA) is 76.2 Å². The van der Waals surface area contributed by atoms with Crippen molar-refractivity contribution in [3.63, 3.8) is 0 Å². The fraction of sp³-hybridized carbons (Fsp3) is 0.500. The van der Waals surface area contributed by atoms with Crippen molar-refractivity contribution in [3.05, 3.63) is 17.5 Å². The van der Waals surface area contributed by atoms with Gasteiger partial charge in [0.1, 0.15) is 6.20 Å². The molecule has 6 nitrogen and oxygen atoms in total. The van der Waals surface area contributed by atoms with Gasteiger partial charge in [0.05, 0.1) is 13.0 Å². The number of quaternary nitrogens is 1. The Balaban J connectivity index is 2.72. The molecule has 0 bridgehead atoms. The van der Waals surface area contributed by atoms with E-state index in [2.05, 4.69) is 16.5 Å². The Morgan fingerprint density at radius 3 is 3.00 bits per heavy atom. The van der Waals surface area contributed by atoms with Gasteiger partial charge in [-0.05, 0) is 13.0 Å². The Morgan fingerprint density at radius 1 is 1.67 bits per heavy atom. The molecule has 0 saturated carbocycles. The molecule has 6 heteroatoms. The Kier molecular flexibility index (Phi) is 2.43. The van der Waals surface area contributed by atoms with Gasteiger partial charge in [-0.25, -0.2) is 4.76 Å². The van der Waals surface area contributed by atoms with Crippen molar-refractivity contribution in [2.45, 2.75) is 6.92 Å². The number of hydroxylamine groups is 2. The first-order valence-corrected chi connectivity index (χ1v) is 3.60. The van der Waals surface area contributed by atoms with Gasteiger partial charge in [-0.3, -0.25) is 10.2 Å². The normalized spacial score (nSPS) is 36.9. The van der Waals surface area contributed by atoms with Crippen LogP contribution < -0.4 is 16.5 Å². The number of hydrazine groups is 2. The first-order chi connectivity index (χ1) is 5.51.